The molecule has 22 heavy (non-hydrogen) atoms. The number of carbonyl (C=O) groups excluding carboxylic acids is 1. The lowest BCUT2D eigenvalue weighted by molar-refractivity contribution is -0.124. The SMILES string of the molecule is COc1cccc(CNC2CC2)c1OCC(=O)NC(C)(C)C. The fraction of sp³-hybridized carbons (Fsp3) is 0.588. The van der Waals surface area contributed by atoms with E-state index in [0.717, 1.165) is 12.1 Å². The molecule has 0 spiro atoms. The molecule has 0 saturated heterocycles. The Hall–Kier alpha value is -1.75. The first-order chi connectivity index (χ1) is 10.4. The summed E-state index contributed by atoms with van der Waals surface area (Å²) in [5, 5.41) is 6.34. The van der Waals surface area contributed by atoms with Crippen molar-refractivity contribution in [2.24, 2.45) is 0 Å². The van der Waals surface area contributed by atoms with E-state index in [1.54, 1.807) is 7.11 Å². The van der Waals surface area contributed by atoms with Crippen LogP contribution in [-0.2, 0) is 11.3 Å². The predicted octanol–water partition coefficient (Wildman–Crippen LogP) is 2.24. The molecule has 1 saturated carbocycles. The molecule has 0 unspecified atom stereocenters. The molecule has 0 heterocycles. The largest absolute Gasteiger partial charge is 0.493 e. The second kappa shape index (κ2) is 7.01. The van der Waals surface area contributed by atoms with Gasteiger partial charge in [-0.25, -0.2) is 0 Å². The van der Waals surface area contributed by atoms with Crippen LogP contribution in [0.2, 0.25) is 0 Å². The summed E-state index contributed by atoms with van der Waals surface area (Å²) in [6.45, 7) is 6.53. The molecule has 0 radical (unpaired) electrons. The van der Waals surface area contributed by atoms with Crippen LogP contribution in [-0.4, -0.2) is 31.2 Å². The third-order valence-corrected chi connectivity index (χ3v) is 3.30. The van der Waals surface area contributed by atoms with E-state index in [0.29, 0.717) is 17.5 Å². The van der Waals surface area contributed by atoms with Gasteiger partial charge in [0, 0.05) is 23.7 Å². The quantitative estimate of drug-likeness (QED) is 0.811. The fourth-order valence-electron chi connectivity index (χ4n) is 2.16. The van der Waals surface area contributed by atoms with Crippen LogP contribution in [0.4, 0.5) is 0 Å². The normalized spacial score (nSPS) is 14.5. The lowest BCUT2D eigenvalue weighted by Crippen LogP contribution is -2.43. The number of rotatable bonds is 7. The van der Waals surface area contributed by atoms with E-state index in [-0.39, 0.29) is 18.1 Å². The average molecular weight is 306 g/mol. The van der Waals surface area contributed by atoms with Crippen molar-refractivity contribution in [3.05, 3.63) is 23.8 Å². The van der Waals surface area contributed by atoms with Crippen LogP contribution < -0.4 is 20.1 Å². The molecule has 0 atom stereocenters. The van der Waals surface area contributed by atoms with E-state index in [9.17, 15) is 4.79 Å². The number of para-hydroxylation sites is 1. The Morgan fingerprint density at radius 3 is 2.64 bits per heavy atom. The van der Waals surface area contributed by atoms with Crippen LogP contribution >= 0.6 is 0 Å². The molecule has 1 amide bonds. The number of ether oxygens (including phenoxy) is 2. The van der Waals surface area contributed by atoms with Gasteiger partial charge >= 0.3 is 0 Å². The van der Waals surface area contributed by atoms with Gasteiger partial charge in [0.1, 0.15) is 0 Å². The van der Waals surface area contributed by atoms with Gasteiger partial charge in [0.05, 0.1) is 7.11 Å². The van der Waals surface area contributed by atoms with Crippen LogP contribution in [0.3, 0.4) is 0 Å². The molecule has 1 aromatic rings. The van der Waals surface area contributed by atoms with Gasteiger partial charge in [-0.3, -0.25) is 4.79 Å². The highest BCUT2D eigenvalue weighted by Gasteiger charge is 2.22. The maximum atomic E-state index is 11.9. The summed E-state index contributed by atoms with van der Waals surface area (Å²) in [7, 11) is 1.61. The minimum atomic E-state index is -0.266. The Labute approximate surface area is 132 Å². The number of nitrogens with one attached hydrogen (secondary N) is 2. The summed E-state index contributed by atoms with van der Waals surface area (Å²) in [5.41, 5.74) is 0.743. The zero-order chi connectivity index (χ0) is 16.2. The van der Waals surface area contributed by atoms with Crippen LogP contribution in [0.15, 0.2) is 18.2 Å². The number of benzene rings is 1. The third kappa shape index (κ3) is 5.22. The van der Waals surface area contributed by atoms with Crippen LogP contribution in [0.25, 0.3) is 0 Å². The van der Waals surface area contributed by atoms with Gasteiger partial charge < -0.3 is 20.1 Å². The Bertz CT molecular complexity index is 519. The number of hydrogen-bond acceptors (Lipinski definition) is 4. The minimum Gasteiger partial charge on any atom is -0.493 e. The monoisotopic (exact) mass is 306 g/mol. The van der Waals surface area contributed by atoms with Crippen molar-refractivity contribution in [2.45, 2.75) is 51.7 Å². The van der Waals surface area contributed by atoms with E-state index < -0.39 is 0 Å². The second-order valence-corrected chi connectivity index (χ2v) is 6.69. The molecule has 122 valence electrons. The second-order valence-electron chi connectivity index (χ2n) is 6.69. The minimum absolute atomic E-state index is 0.0198. The van der Waals surface area contributed by atoms with Crippen molar-refractivity contribution in [3.63, 3.8) is 0 Å². The highest BCUT2D eigenvalue weighted by Crippen LogP contribution is 2.31. The Morgan fingerprint density at radius 1 is 1.32 bits per heavy atom. The van der Waals surface area contributed by atoms with Crippen molar-refractivity contribution in [3.8, 4) is 11.5 Å². The van der Waals surface area contributed by atoms with Gasteiger partial charge in [0.25, 0.3) is 5.91 Å². The molecule has 0 aromatic heterocycles. The van der Waals surface area contributed by atoms with Gasteiger partial charge in [-0.05, 0) is 39.7 Å². The predicted molar refractivity (Wildman–Crippen MR) is 86.2 cm³/mol. The van der Waals surface area contributed by atoms with Crippen LogP contribution in [0, 0.1) is 0 Å². The summed E-state index contributed by atoms with van der Waals surface area (Å²) >= 11 is 0. The number of carbonyl (C=O) groups is 1. The molecule has 2 rings (SSSR count). The molecule has 0 aliphatic heterocycles. The number of methoxy groups -OCH3 is 1. The highest BCUT2D eigenvalue weighted by molar-refractivity contribution is 5.78. The molecular weight excluding hydrogens is 280 g/mol. The van der Waals surface area contributed by atoms with E-state index in [4.69, 9.17) is 9.47 Å². The topological polar surface area (TPSA) is 59.6 Å². The van der Waals surface area contributed by atoms with Crippen molar-refractivity contribution < 1.29 is 14.3 Å². The molecule has 2 N–H and O–H groups in total. The molecule has 5 nitrogen and oxygen atoms in total. The molecule has 5 heteroatoms. The van der Waals surface area contributed by atoms with E-state index in [1.807, 2.05) is 39.0 Å². The zero-order valence-corrected chi connectivity index (χ0v) is 13.9. The lowest BCUT2D eigenvalue weighted by Gasteiger charge is -2.21. The number of hydrogen-bond donors (Lipinski definition) is 2. The molecule has 1 fully saturated rings. The molecule has 0 bridgehead atoms. The van der Waals surface area contributed by atoms with Gasteiger partial charge in [0.2, 0.25) is 0 Å². The molecule has 1 aromatic carbocycles. The zero-order valence-electron chi connectivity index (χ0n) is 13.9. The van der Waals surface area contributed by atoms with Crippen molar-refractivity contribution >= 4 is 5.91 Å². The van der Waals surface area contributed by atoms with Crippen molar-refractivity contribution in [1.29, 1.82) is 0 Å². The maximum Gasteiger partial charge on any atom is 0.258 e. The first-order valence-corrected chi connectivity index (χ1v) is 7.72. The summed E-state index contributed by atoms with van der Waals surface area (Å²) in [6, 6.07) is 6.39. The highest BCUT2D eigenvalue weighted by atomic mass is 16.5. The van der Waals surface area contributed by atoms with Gasteiger partial charge in [-0.1, -0.05) is 12.1 Å². The summed E-state index contributed by atoms with van der Waals surface area (Å²) in [4.78, 5) is 11.9. The summed E-state index contributed by atoms with van der Waals surface area (Å²) in [5.74, 6) is 1.15. The average Bonchev–Trinajstić information content (AvgIpc) is 3.25. The standard InChI is InChI=1S/C17H26N2O3/c1-17(2,3)19-15(20)11-22-16-12(10-18-13-8-9-13)6-5-7-14(16)21-4/h5-7,13,18H,8-11H2,1-4H3,(H,19,20). The summed E-state index contributed by atoms with van der Waals surface area (Å²) in [6.07, 6.45) is 2.46. The van der Waals surface area contributed by atoms with Crippen LogP contribution in [0.1, 0.15) is 39.2 Å². The van der Waals surface area contributed by atoms with Gasteiger partial charge in [0.15, 0.2) is 18.1 Å². The third-order valence-electron chi connectivity index (χ3n) is 3.30. The van der Waals surface area contributed by atoms with Crippen LogP contribution in [0.5, 0.6) is 11.5 Å². The van der Waals surface area contributed by atoms with E-state index in [2.05, 4.69) is 10.6 Å². The fourth-order valence-corrected chi connectivity index (χ4v) is 2.16. The lowest BCUT2D eigenvalue weighted by atomic mass is 10.1. The first kappa shape index (κ1) is 16.6. The molecule has 1 aliphatic rings. The first-order valence-electron chi connectivity index (χ1n) is 7.72. The Morgan fingerprint density at radius 2 is 2.05 bits per heavy atom. The smallest absolute Gasteiger partial charge is 0.258 e. The maximum absolute atomic E-state index is 11.9. The van der Waals surface area contributed by atoms with Gasteiger partial charge in [-0.15, -0.1) is 0 Å². The molecular formula is C17H26N2O3. The van der Waals surface area contributed by atoms with Crippen molar-refractivity contribution in [1.82, 2.24) is 10.6 Å². The molecule has 1 aliphatic carbocycles. The Balaban J connectivity index is 2.01. The van der Waals surface area contributed by atoms with Crippen molar-refractivity contribution in [2.75, 3.05) is 13.7 Å². The Kier molecular flexibility index (Phi) is 5.29. The van der Waals surface area contributed by atoms with E-state index >= 15 is 0 Å². The summed E-state index contributed by atoms with van der Waals surface area (Å²) < 4.78 is 11.1. The van der Waals surface area contributed by atoms with E-state index in [1.165, 1.54) is 12.8 Å². The number of amides is 1. The van der Waals surface area contributed by atoms with Gasteiger partial charge in [-0.2, -0.15) is 0 Å².